The van der Waals surface area contributed by atoms with Gasteiger partial charge in [-0.2, -0.15) is 5.10 Å². The number of para-hydroxylation sites is 1. The Hall–Kier alpha value is -4.86. The van der Waals surface area contributed by atoms with Gasteiger partial charge >= 0.3 is 0 Å². The second-order valence-electron chi connectivity index (χ2n) is 10.4. The van der Waals surface area contributed by atoms with Crippen LogP contribution in [0.15, 0.2) is 71.9 Å². The molecule has 0 unspecified atom stereocenters. The number of hydrogen-bond donors (Lipinski definition) is 2. The molecular weight excluding hydrogens is 523 g/mol. The van der Waals surface area contributed by atoms with Crippen molar-refractivity contribution in [1.29, 1.82) is 0 Å². The van der Waals surface area contributed by atoms with Gasteiger partial charge in [0.05, 0.1) is 17.4 Å². The van der Waals surface area contributed by atoms with Crippen LogP contribution in [-0.2, 0) is 11.2 Å². The van der Waals surface area contributed by atoms with Gasteiger partial charge in [0.25, 0.3) is 11.8 Å². The van der Waals surface area contributed by atoms with E-state index in [-0.39, 0.29) is 23.4 Å². The summed E-state index contributed by atoms with van der Waals surface area (Å²) in [6.07, 6.45) is 3.78. The highest BCUT2D eigenvalue weighted by Crippen LogP contribution is 2.44. The number of rotatable bonds is 5. The fourth-order valence-electron chi connectivity index (χ4n) is 5.78. The molecule has 7 rings (SSSR count). The van der Waals surface area contributed by atoms with Crippen LogP contribution in [0.1, 0.15) is 59.4 Å². The Kier molecular flexibility index (Phi) is 6.10. The third kappa shape index (κ3) is 4.35. The number of carbonyl (C=O) groups is 2. The molecule has 1 saturated carbocycles. The summed E-state index contributed by atoms with van der Waals surface area (Å²) in [5.41, 5.74) is 3.75. The molecule has 2 aromatic heterocycles. The molecule has 4 aromatic rings. The lowest BCUT2D eigenvalue weighted by atomic mass is 10.0. The number of nitrogens with zero attached hydrogens (tertiary/aromatic N) is 4. The number of hydrogen-bond acceptors (Lipinski definition) is 6. The number of aliphatic imine (C=N–C) groups is 1. The zero-order valence-corrected chi connectivity index (χ0v) is 22.3. The van der Waals surface area contributed by atoms with Gasteiger partial charge in [-0.05, 0) is 37.5 Å². The van der Waals surface area contributed by atoms with Crippen molar-refractivity contribution >= 4 is 23.2 Å². The number of anilines is 1. The summed E-state index contributed by atoms with van der Waals surface area (Å²) in [5, 5.41) is 10.2. The van der Waals surface area contributed by atoms with Crippen molar-refractivity contribution in [2.24, 2.45) is 4.99 Å². The number of benzodiazepines with no additional fused rings is 1. The van der Waals surface area contributed by atoms with E-state index in [0.29, 0.717) is 34.0 Å². The minimum Gasteiger partial charge on any atom is -0.474 e. The molecule has 9 nitrogen and oxygen atoms in total. The number of carbonyl (C=O) groups excluding carboxylic acids is 2. The summed E-state index contributed by atoms with van der Waals surface area (Å²) in [6, 6.07) is 17.6. The molecule has 0 spiro atoms. The monoisotopic (exact) mass is 550 g/mol. The highest BCUT2D eigenvalue weighted by Gasteiger charge is 2.40. The van der Waals surface area contributed by atoms with Crippen LogP contribution in [0.3, 0.4) is 0 Å². The van der Waals surface area contributed by atoms with E-state index in [1.807, 2.05) is 49.4 Å². The van der Waals surface area contributed by atoms with Crippen molar-refractivity contribution in [2.75, 3.05) is 5.32 Å². The van der Waals surface area contributed by atoms with E-state index in [4.69, 9.17) is 9.84 Å². The number of aryl methyl sites for hydroxylation is 1. The van der Waals surface area contributed by atoms with E-state index in [0.717, 1.165) is 31.4 Å². The molecule has 2 N–H and O–H groups in total. The molecule has 2 bridgehead atoms. The maximum atomic E-state index is 14.9. The topological polar surface area (TPSA) is 110 Å². The lowest BCUT2D eigenvalue weighted by Crippen LogP contribution is -2.42. The van der Waals surface area contributed by atoms with Crippen LogP contribution in [0, 0.1) is 5.82 Å². The number of ether oxygens (including phenoxy) is 1. The number of aromatic nitrogens is 3. The Morgan fingerprint density at radius 3 is 2.73 bits per heavy atom. The quantitative estimate of drug-likeness (QED) is 0.375. The smallest absolute Gasteiger partial charge is 0.269 e. The van der Waals surface area contributed by atoms with Crippen LogP contribution in [0.2, 0.25) is 0 Å². The Morgan fingerprint density at radius 1 is 1.10 bits per heavy atom. The van der Waals surface area contributed by atoms with Gasteiger partial charge in [0.2, 0.25) is 12.0 Å². The zero-order valence-electron chi connectivity index (χ0n) is 22.3. The molecule has 2 amide bonds. The first-order valence-corrected chi connectivity index (χ1v) is 13.8. The van der Waals surface area contributed by atoms with Crippen LogP contribution in [0.5, 0.6) is 5.88 Å². The highest BCUT2D eigenvalue weighted by molar-refractivity contribution is 6.20. The maximum Gasteiger partial charge on any atom is 0.269 e. The maximum absolute atomic E-state index is 14.9. The number of nitrogens with one attached hydrogen (secondary N) is 2. The average molecular weight is 551 g/mol. The lowest BCUT2D eigenvalue weighted by Gasteiger charge is -2.23. The van der Waals surface area contributed by atoms with E-state index in [9.17, 15) is 14.0 Å². The van der Waals surface area contributed by atoms with E-state index in [2.05, 4.69) is 20.6 Å². The van der Waals surface area contributed by atoms with Crippen LogP contribution in [-0.4, -0.2) is 44.6 Å². The Balaban J connectivity index is 1.31. The van der Waals surface area contributed by atoms with Crippen molar-refractivity contribution < 1.29 is 18.7 Å². The minimum atomic E-state index is -1.34. The van der Waals surface area contributed by atoms with Gasteiger partial charge in [-0.25, -0.2) is 14.1 Å². The predicted molar refractivity (Wildman–Crippen MR) is 151 cm³/mol. The van der Waals surface area contributed by atoms with Crippen LogP contribution >= 0.6 is 0 Å². The minimum absolute atomic E-state index is 0.00514. The fraction of sp³-hybridized carbons (Fsp3) is 0.258. The molecule has 1 aliphatic carbocycles. The molecule has 1 fully saturated rings. The summed E-state index contributed by atoms with van der Waals surface area (Å²) in [7, 11) is 0. The molecule has 4 heterocycles. The summed E-state index contributed by atoms with van der Waals surface area (Å²) < 4.78 is 22.9. The number of amides is 2. The molecule has 206 valence electrons. The number of benzene rings is 2. The van der Waals surface area contributed by atoms with Gasteiger partial charge in [0.15, 0.2) is 0 Å². The zero-order chi connectivity index (χ0) is 28.1. The molecule has 0 saturated heterocycles. The van der Waals surface area contributed by atoms with Crippen molar-refractivity contribution in [1.82, 2.24) is 20.1 Å². The molecule has 3 aliphatic rings. The summed E-state index contributed by atoms with van der Waals surface area (Å²) in [5.74, 6) is -1.43. The van der Waals surface area contributed by atoms with E-state index < -0.39 is 23.8 Å². The first-order chi connectivity index (χ1) is 20.0. The van der Waals surface area contributed by atoms with Gasteiger partial charge < -0.3 is 15.4 Å². The van der Waals surface area contributed by atoms with Crippen LogP contribution in [0.4, 0.5) is 10.1 Å². The Bertz CT molecular complexity index is 1700. The van der Waals surface area contributed by atoms with Gasteiger partial charge in [-0.15, -0.1) is 0 Å². The fourth-order valence-corrected chi connectivity index (χ4v) is 5.78. The van der Waals surface area contributed by atoms with Crippen molar-refractivity contribution in [2.45, 2.75) is 50.9 Å². The lowest BCUT2D eigenvalue weighted by molar-refractivity contribution is -0.117. The summed E-state index contributed by atoms with van der Waals surface area (Å²) in [6.45, 7) is 2.02. The number of pyridine rings is 1. The summed E-state index contributed by atoms with van der Waals surface area (Å²) in [4.78, 5) is 36.6. The molecule has 41 heavy (non-hydrogen) atoms. The van der Waals surface area contributed by atoms with Crippen molar-refractivity contribution in [3.8, 4) is 17.1 Å². The van der Waals surface area contributed by atoms with Crippen LogP contribution in [0.25, 0.3) is 11.3 Å². The predicted octanol–water partition coefficient (Wildman–Crippen LogP) is 4.68. The third-order valence-corrected chi connectivity index (χ3v) is 7.87. The van der Waals surface area contributed by atoms with Crippen molar-refractivity contribution in [3.63, 3.8) is 0 Å². The molecule has 2 aromatic carbocycles. The summed E-state index contributed by atoms with van der Waals surface area (Å²) >= 11 is 0. The van der Waals surface area contributed by atoms with E-state index in [1.165, 1.54) is 6.07 Å². The first kappa shape index (κ1) is 25.1. The number of halogens is 1. The van der Waals surface area contributed by atoms with E-state index >= 15 is 0 Å². The standard InChI is InChI=1S/C31H27FN6O3/c1-2-19-12-11-18(16-33-19)26-24(31-38(37-26)20-13-14-21(15-20)41-31)29(39)36-28-30(40)35-27-22(9-6-10-23(27)32)25(34-28)17-7-4-3-5-8-17/h3-12,16,20-21,28H,2,13-15H2,1H3,(H,35,40)(H,36,39)/t20-,21+,28+/m0/s1. The third-order valence-electron chi connectivity index (χ3n) is 7.87. The van der Waals surface area contributed by atoms with Crippen LogP contribution < -0.4 is 15.4 Å². The Morgan fingerprint density at radius 2 is 1.95 bits per heavy atom. The SMILES string of the molecule is CCc1ccc(-c2nn3c(c2C(=O)N[C@H]2N=C(c4ccccc4)c4cccc(F)c4NC2=O)O[C@@H]2CC[C@H]3C2)cn1. The molecule has 0 radical (unpaired) electrons. The molecule has 3 atom stereocenters. The van der Waals surface area contributed by atoms with Gasteiger partial charge in [-0.1, -0.05) is 49.4 Å². The van der Waals surface area contributed by atoms with Gasteiger partial charge in [-0.3, -0.25) is 14.6 Å². The molecule has 2 aliphatic heterocycles. The highest BCUT2D eigenvalue weighted by atomic mass is 19.1. The second-order valence-corrected chi connectivity index (χ2v) is 10.4. The molecular formula is C31H27FN6O3. The van der Waals surface area contributed by atoms with Gasteiger partial charge in [0, 0.05) is 35.0 Å². The van der Waals surface area contributed by atoms with Crippen molar-refractivity contribution in [3.05, 3.63) is 95.1 Å². The second kappa shape index (κ2) is 9.96. The largest absolute Gasteiger partial charge is 0.474 e. The molecule has 10 heteroatoms. The van der Waals surface area contributed by atoms with Gasteiger partial charge in [0.1, 0.15) is 23.2 Å². The normalized spacial score (nSPS) is 20.7. The van der Waals surface area contributed by atoms with E-state index in [1.54, 1.807) is 23.0 Å². The number of fused-ring (bicyclic) bond motifs is 5. The average Bonchev–Trinajstić information content (AvgIpc) is 3.55. The Labute approximate surface area is 235 Å². The first-order valence-electron chi connectivity index (χ1n) is 13.8.